The van der Waals surface area contributed by atoms with Gasteiger partial charge in [0, 0.05) is 38.7 Å². The van der Waals surface area contributed by atoms with Crippen LogP contribution in [0.1, 0.15) is 24.5 Å². The van der Waals surface area contributed by atoms with E-state index in [1.165, 1.54) is 13.2 Å². The van der Waals surface area contributed by atoms with Gasteiger partial charge in [0.2, 0.25) is 5.91 Å². The monoisotopic (exact) mass is 576 g/mol. The summed E-state index contributed by atoms with van der Waals surface area (Å²) in [6.45, 7) is 0.588. The van der Waals surface area contributed by atoms with E-state index >= 15 is 0 Å². The fourth-order valence-electron chi connectivity index (χ4n) is 2.95. The lowest BCUT2D eigenvalue weighted by atomic mass is 10.2. The van der Waals surface area contributed by atoms with Crippen LogP contribution in [0.4, 0.5) is 8.78 Å². The van der Waals surface area contributed by atoms with Crippen molar-refractivity contribution in [1.82, 2.24) is 15.5 Å². The molecule has 1 amide bonds. The Kier molecular flexibility index (Phi) is 13.1. The second-order valence-electron chi connectivity index (χ2n) is 6.96. The first-order chi connectivity index (χ1) is 15.4. The number of alkyl halides is 2. The van der Waals surface area contributed by atoms with Gasteiger partial charge >= 0.3 is 6.61 Å². The predicted octanol–water partition coefficient (Wildman–Crippen LogP) is 4.02. The van der Waals surface area contributed by atoms with Crippen LogP contribution < -0.4 is 20.1 Å². The van der Waals surface area contributed by atoms with Gasteiger partial charge in [0.15, 0.2) is 5.96 Å². The Morgan fingerprint density at radius 1 is 1.15 bits per heavy atom. The summed E-state index contributed by atoms with van der Waals surface area (Å²) in [6.07, 6.45) is 0.284. The molecule has 2 rings (SSSR count). The molecular weight excluding hydrogens is 545 g/mol. The van der Waals surface area contributed by atoms with Gasteiger partial charge in [0.1, 0.15) is 11.5 Å². The number of halogens is 3. The number of carbonyl (C=O) groups is 1. The van der Waals surface area contributed by atoms with Crippen molar-refractivity contribution in [2.24, 2.45) is 4.99 Å². The van der Waals surface area contributed by atoms with Crippen LogP contribution >= 0.6 is 24.0 Å². The number of rotatable bonds is 11. The molecule has 0 saturated carbocycles. The van der Waals surface area contributed by atoms with Gasteiger partial charge in [0.25, 0.3) is 0 Å². The second kappa shape index (κ2) is 15.3. The third-order valence-electron chi connectivity index (χ3n) is 4.56. The standard InChI is InChI=1S/C23H30F2N4O3.HI/c1-4-26-23(27-13-12-21(30)29(2)16-17-8-6-5-7-9-17)28-15-18-14-19(31-3)10-11-20(18)32-22(24)25;/h5-11,14,22H,4,12-13,15-16H2,1-3H3,(H2,26,27,28);1H. The first kappa shape index (κ1) is 28.4. The van der Waals surface area contributed by atoms with Gasteiger partial charge in [0.05, 0.1) is 13.7 Å². The summed E-state index contributed by atoms with van der Waals surface area (Å²) in [4.78, 5) is 18.5. The van der Waals surface area contributed by atoms with Crippen molar-refractivity contribution >= 4 is 35.8 Å². The molecule has 0 aliphatic rings. The Labute approximate surface area is 210 Å². The number of carbonyl (C=O) groups excluding carboxylic acids is 1. The molecule has 0 atom stereocenters. The maximum Gasteiger partial charge on any atom is 0.387 e. The van der Waals surface area contributed by atoms with Crippen molar-refractivity contribution in [2.75, 3.05) is 27.2 Å². The Bertz CT molecular complexity index is 885. The van der Waals surface area contributed by atoms with Crippen LogP contribution in [0.25, 0.3) is 0 Å². The molecule has 7 nitrogen and oxygen atoms in total. The Morgan fingerprint density at radius 2 is 1.88 bits per heavy atom. The van der Waals surface area contributed by atoms with Crippen LogP contribution in [-0.4, -0.2) is 50.6 Å². The molecule has 10 heteroatoms. The number of guanidine groups is 1. The minimum atomic E-state index is -2.93. The van der Waals surface area contributed by atoms with Crippen molar-refractivity contribution < 1.29 is 23.0 Å². The summed E-state index contributed by atoms with van der Waals surface area (Å²) in [5.74, 6) is 1.02. The van der Waals surface area contributed by atoms with E-state index in [1.54, 1.807) is 24.1 Å². The quantitative estimate of drug-likeness (QED) is 0.240. The molecule has 0 fully saturated rings. The van der Waals surface area contributed by atoms with E-state index in [-0.39, 0.29) is 48.6 Å². The van der Waals surface area contributed by atoms with E-state index in [2.05, 4.69) is 20.4 Å². The minimum Gasteiger partial charge on any atom is -0.497 e. The van der Waals surface area contributed by atoms with E-state index in [1.807, 2.05) is 37.3 Å². The summed E-state index contributed by atoms with van der Waals surface area (Å²) >= 11 is 0. The fourth-order valence-corrected chi connectivity index (χ4v) is 2.95. The van der Waals surface area contributed by atoms with Crippen molar-refractivity contribution in [2.45, 2.75) is 33.0 Å². The average Bonchev–Trinajstić information content (AvgIpc) is 2.78. The molecular formula is C23H31F2IN4O3. The molecule has 33 heavy (non-hydrogen) atoms. The number of nitrogens with one attached hydrogen (secondary N) is 2. The highest BCUT2D eigenvalue weighted by atomic mass is 127. The van der Waals surface area contributed by atoms with Gasteiger partial charge in [-0.15, -0.1) is 24.0 Å². The largest absolute Gasteiger partial charge is 0.497 e. The number of aliphatic imine (C=N–C) groups is 1. The number of benzene rings is 2. The zero-order valence-corrected chi connectivity index (χ0v) is 21.3. The molecule has 0 saturated heterocycles. The van der Waals surface area contributed by atoms with E-state index in [0.717, 1.165) is 5.56 Å². The van der Waals surface area contributed by atoms with E-state index in [4.69, 9.17) is 4.74 Å². The smallest absolute Gasteiger partial charge is 0.387 e. The fraction of sp³-hybridized carbons (Fsp3) is 0.391. The van der Waals surface area contributed by atoms with Gasteiger partial charge in [-0.1, -0.05) is 30.3 Å². The zero-order valence-electron chi connectivity index (χ0n) is 19.0. The molecule has 2 aromatic carbocycles. The number of hydrogen-bond donors (Lipinski definition) is 2. The lowest BCUT2D eigenvalue weighted by Gasteiger charge is -2.18. The molecule has 0 heterocycles. The third kappa shape index (κ3) is 10.2. The summed E-state index contributed by atoms with van der Waals surface area (Å²) in [6, 6.07) is 14.3. The van der Waals surface area contributed by atoms with Crippen molar-refractivity contribution in [1.29, 1.82) is 0 Å². The molecule has 0 bridgehead atoms. The lowest BCUT2D eigenvalue weighted by molar-refractivity contribution is -0.130. The minimum absolute atomic E-state index is 0. The number of nitrogens with zero attached hydrogens (tertiary/aromatic N) is 2. The molecule has 0 aromatic heterocycles. The highest BCUT2D eigenvalue weighted by molar-refractivity contribution is 14.0. The average molecular weight is 576 g/mol. The summed E-state index contributed by atoms with van der Waals surface area (Å²) in [5, 5.41) is 6.18. The molecule has 0 spiro atoms. The van der Waals surface area contributed by atoms with Gasteiger partial charge < -0.3 is 25.0 Å². The van der Waals surface area contributed by atoms with Crippen molar-refractivity contribution in [3.63, 3.8) is 0 Å². The highest BCUT2D eigenvalue weighted by Crippen LogP contribution is 2.26. The summed E-state index contributed by atoms with van der Waals surface area (Å²) in [7, 11) is 3.26. The second-order valence-corrected chi connectivity index (χ2v) is 6.96. The molecule has 0 radical (unpaired) electrons. The molecule has 2 aromatic rings. The number of methoxy groups -OCH3 is 1. The Morgan fingerprint density at radius 3 is 2.52 bits per heavy atom. The van der Waals surface area contributed by atoms with Gasteiger partial charge in [-0.05, 0) is 30.7 Å². The maximum absolute atomic E-state index is 12.7. The van der Waals surface area contributed by atoms with E-state index in [0.29, 0.717) is 36.9 Å². The summed E-state index contributed by atoms with van der Waals surface area (Å²) < 4.78 is 35.1. The molecule has 0 aliphatic heterocycles. The summed E-state index contributed by atoms with van der Waals surface area (Å²) in [5.41, 5.74) is 1.52. The number of ether oxygens (including phenoxy) is 2. The number of amides is 1. The van der Waals surface area contributed by atoms with E-state index < -0.39 is 6.61 Å². The molecule has 2 N–H and O–H groups in total. The van der Waals surface area contributed by atoms with Gasteiger partial charge in [-0.25, -0.2) is 4.99 Å². The Balaban J connectivity index is 0.00000544. The van der Waals surface area contributed by atoms with Crippen molar-refractivity contribution in [3.8, 4) is 11.5 Å². The predicted molar refractivity (Wildman–Crippen MR) is 135 cm³/mol. The first-order valence-electron chi connectivity index (χ1n) is 10.3. The zero-order chi connectivity index (χ0) is 23.3. The van der Waals surface area contributed by atoms with Gasteiger partial charge in [-0.2, -0.15) is 8.78 Å². The maximum atomic E-state index is 12.7. The first-order valence-corrected chi connectivity index (χ1v) is 10.3. The van der Waals surface area contributed by atoms with Crippen LogP contribution in [0.5, 0.6) is 11.5 Å². The molecule has 0 aliphatic carbocycles. The number of hydrogen-bond acceptors (Lipinski definition) is 4. The Hall–Kier alpha value is -2.63. The molecule has 0 unspecified atom stereocenters. The topological polar surface area (TPSA) is 75.2 Å². The van der Waals surface area contributed by atoms with Crippen LogP contribution in [0.2, 0.25) is 0 Å². The lowest BCUT2D eigenvalue weighted by Crippen LogP contribution is -2.39. The van der Waals surface area contributed by atoms with Crippen molar-refractivity contribution in [3.05, 3.63) is 59.7 Å². The highest BCUT2D eigenvalue weighted by Gasteiger charge is 2.12. The van der Waals surface area contributed by atoms with Crippen LogP contribution in [-0.2, 0) is 17.9 Å². The third-order valence-corrected chi connectivity index (χ3v) is 4.56. The normalized spacial score (nSPS) is 10.9. The van der Waals surface area contributed by atoms with Crippen LogP contribution in [0.3, 0.4) is 0 Å². The SMILES string of the molecule is CCNC(=NCc1cc(OC)ccc1OC(F)F)NCCC(=O)N(C)Cc1ccccc1.I. The van der Waals surface area contributed by atoms with Gasteiger partial charge in [-0.3, -0.25) is 4.79 Å². The van der Waals surface area contributed by atoms with E-state index in [9.17, 15) is 13.6 Å². The van der Waals surface area contributed by atoms with Crippen LogP contribution in [0, 0.1) is 0 Å². The van der Waals surface area contributed by atoms with Crippen LogP contribution in [0.15, 0.2) is 53.5 Å². The molecule has 182 valence electrons.